The molecule has 6 heteroatoms. The Morgan fingerprint density at radius 2 is 1.92 bits per heavy atom. The zero-order valence-corrected chi connectivity index (χ0v) is 7.27. The van der Waals surface area contributed by atoms with E-state index >= 15 is 0 Å². The van der Waals surface area contributed by atoms with E-state index in [4.69, 9.17) is 20.7 Å². The summed E-state index contributed by atoms with van der Waals surface area (Å²) in [6.45, 7) is 1.84. The summed E-state index contributed by atoms with van der Waals surface area (Å²) in [5, 5.41) is 17.0. The van der Waals surface area contributed by atoms with Crippen molar-refractivity contribution in [3.63, 3.8) is 0 Å². The number of rotatable bonds is 6. The summed E-state index contributed by atoms with van der Waals surface area (Å²) in [5.41, 5.74) is 5.14. The summed E-state index contributed by atoms with van der Waals surface area (Å²) in [5.74, 6) is -2.43. The van der Waals surface area contributed by atoms with Gasteiger partial charge in [0, 0.05) is 13.0 Å². The van der Waals surface area contributed by atoms with Gasteiger partial charge in [0.2, 0.25) is 0 Å². The van der Waals surface area contributed by atoms with Gasteiger partial charge in [-0.2, -0.15) is 0 Å². The molecule has 0 fully saturated rings. The lowest BCUT2D eigenvalue weighted by atomic mass is 10.1. The summed E-state index contributed by atoms with van der Waals surface area (Å²) >= 11 is 0. The van der Waals surface area contributed by atoms with Crippen LogP contribution in [0.25, 0.3) is 0 Å². The topological polar surface area (TPSA) is 110 Å². The van der Waals surface area contributed by atoms with Gasteiger partial charge >= 0.3 is 11.9 Å². The molecule has 0 spiro atoms. The van der Waals surface area contributed by atoms with E-state index < -0.39 is 24.1 Å². The van der Waals surface area contributed by atoms with Gasteiger partial charge in [-0.25, -0.2) is 4.79 Å². The predicted molar refractivity (Wildman–Crippen MR) is 43.3 cm³/mol. The number of hydrogen-bond donors (Lipinski definition) is 3. The maximum absolute atomic E-state index is 10.5. The normalized spacial score (nSPS) is 14.9. The van der Waals surface area contributed by atoms with Gasteiger partial charge in [-0.15, -0.1) is 0 Å². The van der Waals surface area contributed by atoms with Gasteiger partial charge in [0.25, 0.3) is 0 Å². The first-order valence-corrected chi connectivity index (χ1v) is 3.81. The summed E-state index contributed by atoms with van der Waals surface area (Å²) in [7, 11) is 0. The average Bonchev–Trinajstić information content (AvgIpc) is 2.03. The van der Waals surface area contributed by atoms with Gasteiger partial charge in [-0.3, -0.25) is 4.79 Å². The second-order valence-corrected chi connectivity index (χ2v) is 2.46. The monoisotopic (exact) mass is 191 g/mol. The molecule has 2 atom stereocenters. The van der Waals surface area contributed by atoms with Crippen LogP contribution in [0, 0.1) is 0 Å². The Balaban J connectivity index is 4.09. The first-order valence-electron chi connectivity index (χ1n) is 3.81. The lowest BCUT2D eigenvalue weighted by molar-refractivity contribution is -0.152. The number of aliphatic carboxylic acids is 2. The van der Waals surface area contributed by atoms with Crippen LogP contribution in [0.2, 0.25) is 0 Å². The predicted octanol–water partition coefficient (Wildman–Crippen LogP) is -0.722. The minimum atomic E-state index is -1.23. The molecule has 0 rings (SSSR count). The highest BCUT2D eigenvalue weighted by molar-refractivity contribution is 5.76. The molecule has 0 saturated heterocycles. The van der Waals surface area contributed by atoms with E-state index in [1.165, 1.54) is 0 Å². The van der Waals surface area contributed by atoms with Gasteiger partial charge in [0.05, 0.1) is 0 Å². The highest BCUT2D eigenvalue weighted by atomic mass is 16.5. The van der Waals surface area contributed by atoms with Gasteiger partial charge in [0.15, 0.2) is 6.10 Å². The van der Waals surface area contributed by atoms with Crippen LogP contribution in [0.3, 0.4) is 0 Å². The smallest absolute Gasteiger partial charge is 0.332 e. The number of nitrogens with two attached hydrogens (primary N) is 1. The van der Waals surface area contributed by atoms with Crippen LogP contribution in [-0.4, -0.2) is 40.9 Å². The van der Waals surface area contributed by atoms with Crippen molar-refractivity contribution < 1.29 is 24.5 Å². The molecule has 0 radical (unpaired) electrons. The Hall–Kier alpha value is -1.14. The van der Waals surface area contributed by atoms with Crippen molar-refractivity contribution in [2.75, 3.05) is 6.61 Å². The Kier molecular flexibility index (Phi) is 5.01. The van der Waals surface area contributed by atoms with Crippen LogP contribution < -0.4 is 5.73 Å². The zero-order valence-electron chi connectivity index (χ0n) is 7.27. The second kappa shape index (κ2) is 5.50. The summed E-state index contributed by atoms with van der Waals surface area (Å²) < 4.78 is 4.78. The van der Waals surface area contributed by atoms with Crippen molar-refractivity contribution in [1.82, 2.24) is 0 Å². The van der Waals surface area contributed by atoms with Gasteiger partial charge in [-0.05, 0) is 6.92 Å². The second-order valence-electron chi connectivity index (χ2n) is 2.46. The van der Waals surface area contributed by atoms with E-state index in [9.17, 15) is 9.59 Å². The number of hydrogen-bond acceptors (Lipinski definition) is 4. The molecule has 0 aliphatic carbocycles. The molecule has 0 heterocycles. The molecule has 0 aliphatic rings. The third kappa shape index (κ3) is 4.44. The summed E-state index contributed by atoms with van der Waals surface area (Å²) in [4.78, 5) is 20.8. The molecule has 2 unspecified atom stereocenters. The molecular weight excluding hydrogens is 178 g/mol. The standard InChI is InChI=1S/C7H13NO5/c1-2-13-5(7(11)12)3-4(8)6(9)10/h4-5H,2-3,8H2,1H3,(H,9,10)(H,11,12). The van der Waals surface area contributed by atoms with E-state index in [0.29, 0.717) is 0 Å². The van der Waals surface area contributed by atoms with E-state index in [2.05, 4.69) is 0 Å². The largest absolute Gasteiger partial charge is 0.480 e. The number of ether oxygens (including phenoxy) is 1. The molecule has 13 heavy (non-hydrogen) atoms. The zero-order chi connectivity index (χ0) is 10.4. The van der Waals surface area contributed by atoms with Crippen LogP contribution in [-0.2, 0) is 14.3 Å². The fourth-order valence-corrected chi connectivity index (χ4v) is 0.773. The molecule has 0 bridgehead atoms. The van der Waals surface area contributed by atoms with Crippen molar-refractivity contribution in [2.45, 2.75) is 25.5 Å². The van der Waals surface area contributed by atoms with Crippen LogP contribution >= 0.6 is 0 Å². The number of carboxylic acid groups (broad SMARTS) is 2. The first kappa shape index (κ1) is 11.9. The van der Waals surface area contributed by atoms with Crippen LogP contribution in [0.5, 0.6) is 0 Å². The van der Waals surface area contributed by atoms with E-state index in [0.717, 1.165) is 0 Å². The third-order valence-electron chi connectivity index (χ3n) is 1.43. The highest BCUT2D eigenvalue weighted by Gasteiger charge is 2.24. The Morgan fingerprint density at radius 1 is 1.38 bits per heavy atom. The number of carboxylic acids is 2. The molecular formula is C7H13NO5. The van der Waals surface area contributed by atoms with Crippen molar-refractivity contribution in [1.29, 1.82) is 0 Å². The van der Waals surface area contributed by atoms with E-state index in [-0.39, 0.29) is 13.0 Å². The Labute approximate surface area is 75.3 Å². The summed E-state index contributed by atoms with van der Waals surface area (Å²) in [6, 6.07) is -1.20. The molecule has 0 aromatic heterocycles. The molecule has 0 amide bonds. The number of carbonyl (C=O) groups is 2. The average molecular weight is 191 g/mol. The lowest BCUT2D eigenvalue weighted by Crippen LogP contribution is -2.38. The fourth-order valence-electron chi connectivity index (χ4n) is 0.773. The maximum atomic E-state index is 10.5. The molecule has 4 N–H and O–H groups in total. The minimum absolute atomic E-state index is 0.212. The molecule has 0 aromatic carbocycles. The highest BCUT2D eigenvalue weighted by Crippen LogP contribution is 2.02. The summed E-state index contributed by atoms with van der Waals surface area (Å²) in [6.07, 6.45) is -1.37. The quantitative estimate of drug-likeness (QED) is 0.511. The van der Waals surface area contributed by atoms with Crippen molar-refractivity contribution in [3.8, 4) is 0 Å². The van der Waals surface area contributed by atoms with Crippen LogP contribution in [0.1, 0.15) is 13.3 Å². The molecule has 6 nitrogen and oxygen atoms in total. The lowest BCUT2D eigenvalue weighted by Gasteiger charge is -2.14. The van der Waals surface area contributed by atoms with Crippen LogP contribution in [0.4, 0.5) is 0 Å². The third-order valence-corrected chi connectivity index (χ3v) is 1.43. The fraction of sp³-hybridized carbons (Fsp3) is 0.714. The van der Waals surface area contributed by atoms with Crippen molar-refractivity contribution in [2.24, 2.45) is 5.73 Å². The molecule has 0 aromatic rings. The SMILES string of the molecule is CCOC(CC(N)C(=O)O)C(=O)O. The minimum Gasteiger partial charge on any atom is -0.480 e. The van der Waals surface area contributed by atoms with E-state index in [1.54, 1.807) is 6.92 Å². The molecule has 0 aliphatic heterocycles. The van der Waals surface area contributed by atoms with Crippen molar-refractivity contribution in [3.05, 3.63) is 0 Å². The van der Waals surface area contributed by atoms with Crippen molar-refractivity contribution >= 4 is 11.9 Å². The maximum Gasteiger partial charge on any atom is 0.332 e. The first-order chi connectivity index (χ1) is 5.99. The van der Waals surface area contributed by atoms with Crippen LogP contribution in [0.15, 0.2) is 0 Å². The molecule has 76 valence electrons. The van der Waals surface area contributed by atoms with Gasteiger partial charge < -0.3 is 20.7 Å². The van der Waals surface area contributed by atoms with Gasteiger partial charge in [-0.1, -0.05) is 0 Å². The van der Waals surface area contributed by atoms with E-state index in [1.807, 2.05) is 0 Å². The van der Waals surface area contributed by atoms with Gasteiger partial charge in [0.1, 0.15) is 6.04 Å². The Bertz CT molecular complexity index is 193. The Morgan fingerprint density at radius 3 is 2.23 bits per heavy atom. The molecule has 0 saturated carbocycles.